The number of carbonyl (C=O) groups is 12. The van der Waals surface area contributed by atoms with Gasteiger partial charge >= 0.3 is 0 Å². The predicted molar refractivity (Wildman–Crippen MR) is 268 cm³/mol. The number of ether oxygens (including phenoxy) is 2. The van der Waals surface area contributed by atoms with Crippen LogP contribution in [0.4, 0.5) is 0 Å². The van der Waals surface area contributed by atoms with Crippen LogP contribution in [0.5, 0.6) is 0 Å². The molecule has 6 N–H and O–H groups in total. The second kappa shape index (κ2) is 30.5. The van der Waals surface area contributed by atoms with Gasteiger partial charge in [-0.15, -0.1) is 0 Å². The van der Waals surface area contributed by atoms with Crippen LogP contribution >= 0.6 is 23.5 Å². The molecule has 73 heavy (non-hydrogen) atoms. The molecule has 0 spiro atoms. The number of thioether (sulfide) groups is 2. The van der Waals surface area contributed by atoms with Gasteiger partial charge in [0.25, 0.3) is 11.8 Å². The molecule has 396 valence electrons. The molecule has 24 heteroatoms. The topological polar surface area (TPSA) is 302 Å². The van der Waals surface area contributed by atoms with Crippen LogP contribution in [0.3, 0.4) is 0 Å². The van der Waals surface area contributed by atoms with Crippen molar-refractivity contribution < 1.29 is 67.0 Å². The Morgan fingerprint density at radius 1 is 0.562 bits per heavy atom. The zero-order valence-corrected chi connectivity index (χ0v) is 43.0. The van der Waals surface area contributed by atoms with Crippen molar-refractivity contribution in [1.29, 1.82) is 0 Å². The maximum Gasteiger partial charge on any atom is 0.257 e. The smallest absolute Gasteiger partial charge is 0.257 e. The minimum atomic E-state index is -1.54. The number of aryl methyl sites for hydroxylation is 2. The Morgan fingerprint density at radius 3 is 1.26 bits per heavy atom. The molecule has 4 atom stereocenters. The molecule has 2 aromatic carbocycles. The molecule has 4 rings (SSSR count). The molecular formula is C49H64N8O14S2. The Kier molecular flexibility index (Phi) is 24.7. The van der Waals surface area contributed by atoms with E-state index < -0.39 is 82.7 Å². The Morgan fingerprint density at radius 2 is 0.932 bits per heavy atom. The van der Waals surface area contributed by atoms with Crippen LogP contribution in [0.15, 0.2) is 48.5 Å². The number of imide groups is 4. The number of benzene rings is 2. The van der Waals surface area contributed by atoms with Crippen LogP contribution in [0.1, 0.15) is 90.6 Å². The third-order valence-electron chi connectivity index (χ3n) is 11.6. The standard InChI is InChI=1S/C49H64N8O14S2/c1-5-30-10-14-32(15-11-30)44(64)54-46(66)34(26-40(60)50-18-22-70-24-20-56-42(62)28-36(72-3)48(56)68)52-38(58)8-7-9-39(59)53-35(47(67)55-45(65)33-16-12-31(6-2)13-17-33)27-41(61)51-19-23-71-25-21-57-43(63)29-37(73-4)49(57)69/h10-17,34-37H,5-9,18-29H2,1-4H3,(H,50,60)(H,51,61)(H,52,58)(H,53,59)(H,54,64,66)(H,55,65,67). The lowest BCUT2D eigenvalue weighted by molar-refractivity contribution is -0.140. The molecule has 0 aromatic heterocycles. The van der Waals surface area contributed by atoms with Gasteiger partial charge in [0.15, 0.2) is 0 Å². The number of rotatable bonds is 30. The highest BCUT2D eigenvalue weighted by molar-refractivity contribution is 8.00. The fraction of sp³-hybridized carbons (Fsp3) is 0.510. The lowest BCUT2D eigenvalue weighted by Gasteiger charge is -2.19. The van der Waals surface area contributed by atoms with Gasteiger partial charge in [0, 0.05) is 49.9 Å². The molecular weight excluding hydrogens is 989 g/mol. The van der Waals surface area contributed by atoms with Gasteiger partial charge in [-0.3, -0.25) is 78.0 Å². The van der Waals surface area contributed by atoms with E-state index in [2.05, 4.69) is 31.9 Å². The van der Waals surface area contributed by atoms with Crippen molar-refractivity contribution in [2.75, 3.05) is 65.1 Å². The second-order valence-electron chi connectivity index (χ2n) is 16.8. The minimum Gasteiger partial charge on any atom is -0.378 e. The van der Waals surface area contributed by atoms with Crippen molar-refractivity contribution >= 4 is 94.4 Å². The normalized spacial score (nSPS) is 16.2. The summed E-state index contributed by atoms with van der Waals surface area (Å²) in [6.07, 6.45) is 3.09. The van der Waals surface area contributed by atoms with E-state index in [1.165, 1.54) is 47.8 Å². The number of hydrogen-bond acceptors (Lipinski definition) is 16. The SMILES string of the molecule is CCc1ccc(C(=O)NC(=O)C(CC(=O)NCCOCCN2C(=O)CC(SC)C2=O)NC(=O)CCCC(=O)NC(CC(=O)NCCOCCN2C(=O)CC(SC)C2=O)C(=O)NC(=O)c2ccc(CC)cc2)cc1. The lowest BCUT2D eigenvalue weighted by Crippen LogP contribution is -2.51. The fourth-order valence-corrected chi connectivity index (χ4v) is 8.66. The molecule has 2 aliphatic rings. The fourth-order valence-electron chi connectivity index (χ4n) is 7.39. The summed E-state index contributed by atoms with van der Waals surface area (Å²) < 4.78 is 11.0. The molecule has 4 unspecified atom stereocenters. The average Bonchev–Trinajstić information content (AvgIpc) is 3.82. The van der Waals surface area contributed by atoms with Crippen LogP contribution in [-0.2, 0) is 70.3 Å². The number of amides is 12. The van der Waals surface area contributed by atoms with Crippen molar-refractivity contribution in [3.63, 3.8) is 0 Å². The average molecular weight is 1050 g/mol. The van der Waals surface area contributed by atoms with Gasteiger partial charge in [-0.2, -0.15) is 23.5 Å². The van der Waals surface area contributed by atoms with Crippen molar-refractivity contribution in [2.45, 2.75) is 94.2 Å². The summed E-state index contributed by atoms with van der Waals surface area (Å²) in [5, 5.41) is 13.6. The number of likely N-dealkylation sites (tertiary alicyclic amines) is 2. The molecule has 12 amide bonds. The van der Waals surface area contributed by atoms with E-state index in [0.717, 1.165) is 20.9 Å². The predicted octanol–water partition coefficient (Wildman–Crippen LogP) is 0.191. The Labute approximate surface area is 431 Å². The summed E-state index contributed by atoms with van der Waals surface area (Å²) >= 11 is 2.58. The largest absolute Gasteiger partial charge is 0.378 e. The van der Waals surface area contributed by atoms with Crippen LogP contribution in [0, 0.1) is 0 Å². The van der Waals surface area contributed by atoms with E-state index in [1.807, 2.05) is 13.8 Å². The van der Waals surface area contributed by atoms with Crippen LogP contribution < -0.4 is 31.9 Å². The highest BCUT2D eigenvalue weighted by atomic mass is 32.2. The van der Waals surface area contributed by atoms with Crippen molar-refractivity contribution in [3.05, 3.63) is 70.8 Å². The molecule has 2 fully saturated rings. The third kappa shape index (κ3) is 19.1. The number of hydrogen-bond donors (Lipinski definition) is 6. The van der Waals surface area contributed by atoms with Gasteiger partial charge in [-0.1, -0.05) is 38.1 Å². The van der Waals surface area contributed by atoms with E-state index in [4.69, 9.17) is 9.47 Å². The number of carbonyl (C=O) groups excluding carboxylic acids is 12. The first-order valence-electron chi connectivity index (χ1n) is 23.9. The third-order valence-corrected chi connectivity index (χ3v) is 13.5. The van der Waals surface area contributed by atoms with E-state index in [0.29, 0.717) is 12.8 Å². The first-order chi connectivity index (χ1) is 35.0. The van der Waals surface area contributed by atoms with Crippen LogP contribution in [-0.4, -0.2) is 168 Å². The number of nitrogens with one attached hydrogen (secondary N) is 6. The lowest BCUT2D eigenvalue weighted by atomic mass is 10.1. The molecule has 22 nitrogen and oxygen atoms in total. The maximum atomic E-state index is 13.4. The Balaban J connectivity index is 1.30. The van der Waals surface area contributed by atoms with Gasteiger partial charge in [0.2, 0.25) is 59.1 Å². The maximum absolute atomic E-state index is 13.4. The molecule has 2 saturated heterocycles. The summed E-state index contributed by atoms with van der Waals surface area (Å²) in [5.74, 6) is -7.60. The van der Waals surface area contributed by atoms with E-state index >= 15 is 0 Å². The quantitative estimate of drug-likeness (QED) is 0.0450. The highest BCUT2D eigenvalue weighted by Gasteiger charge is 2.38. The second-order valence-corrected chi connectivity index (χ2v) is 18.9. The van der Waals surface area contributed by atoms with E-state index in [1.54, 1.807) is 36.8 Å². The van der Waals surface area contributed by atoms with Gasteiger partial charge in [-0.05, 0) is 67.2 Å². The van der Waals surface area contributed by atoms with E-state index in [9.17, 15) is 57.5 Å². The highest BCUT2D eigenvalue weighted by Crippen LogP contribution is 2.23. The molecule has 2 aliphatic heterocycles. The van der Waals surface area contributed by atoms with Gasteiger partial charge in [0.1, 0.15) is 12.1 Å². The molecule has 0 radical (unpaired) electrons. The Hall–Kier alpha value is -6.50. The number of nitrogens with zero attached hydrogens (tertiary/aromatic N) is 2. The molecule has 2 heterocycles. The summed E-state index contributed by atoms with van der Waals surface area (Å²) in [6.45, 7) is 3.93. The first-order valence-corrected chi connectivity index (χ1v) is 26.5. The minimum absolute atomic E-state index is 0.00938. The van der Waals surface area contributed by atoms with Crippen LogP contribution in [0.25, 0.3) is 0 Å². The van der Waals surface area contributed by atoms with Gasteiger partial charge < -0.3 is 30.7 Å². The summed E-state index contributed by atoms with van der Waals surface area (Å²) in [6, 6.07) is 9.88. The molecule has 0 saturated carbocycles. The molecule has 2 aromatic rings. The van der Waals surface area contributed by atoms with Crippen molar-refractivity contribution in [3.8, 4) is 0 Å². The summed E-state index contributed by atoms with van der Waals surface area (Å²) in [5.41, 5.74) is 2.21. The van der Waals surface area contributed by atoms with E-state index in [-0.39, 0.29) is 119 Å². The monoisotopic (exact) mass is 1050 g/mol. The zero-order chi connectivity index (χ0) is 53.5. The van der Waals surface area contributed by atoms with Gasteiger partial charge in [0.05, 0.1) is 62.9 Å². The molecule has 0 bridgehead atoms. The van der Waals surface area contributed by atoms with Gasteiger partial charge in [-0.25, -0.2) is 0 Å². The molecule has 0 aliphatic carbocycles. The Bertz CT molecular complexity index is 2170. The zero-order valence-electron chi connectivity index (χ0n) is 41.4. The van der Waals surface area contributed by atoms with Crippen molar-refractivity contribution in [2.24, 2.45) is 0 Å². The summed E-state index contributed by atoms with van der Waals surface area (Å²) in [4.78, 5) is 157. The first kappa shape index (κ1) is 59.1. The van der Waals surface area contributed by atoms with Crippen molar-refractivity contribution in [1.82, 2.24) is 41.7 Å². The summed E-state index contributed by atoms with van der Waals surface area (Å²) in [7, 11) is 0. The van der Waals surface area contributed by atoms with Crippen LogP contribution in [0.2, 0.25) is 0 Å².